The van der Waals surface area contributed by atoms with Gasteiger partial charge in [0, 0.05) is 20.0 Å². The van der Waals surface area contributed by atoms with E-state index in [-0.39, 0.29) is 17.5 Å². The number of hydrogen-bond donors (Lipinski definition) is 1. The van der Waals surface area contributed by atoms with Gasteiger partial charge in [0.1, 0.15) is 11.6 Å². The molecule has 0 aliphatic rings. The third-order valence-electron chi connectivity index (χ3n) is 2.74. The monoisotopic (exact) mass is 262 g/mol. The summed E-state index contributed by atoms with van der Waals surface area (Å²) in [5.41, 5.74) is 0.850. The van der Waals surface area contributed by atoms with E-state index in [4.69, 9.17) is 0 Å². The number of amides is 1. The van der Waals surface area contributed by atoms with Crippen molar-refractivity contribution in [2.24, 2.45) is 0 Å². The van der Waals surface area contributed by atoms with Crippen LogP contribution in [0.2, 0.25) is 0 Å². The third-order valence-corrected chi connectivity index (χ3v) is 2.74. The SMILES string of the molecule is CCc1nc(C(=O)N(C)Cc2ccc(F)cc2)n[nH]1. The van der Waals surface area contributed by atoms with Crippen molar-refractivity contribution >= 4 is 5.91 Å². The molecule has 1 N–H and O–H groups in total. The number of halogens is 1. The van der Waals surface area contributed by atoms with E-state index in [1.54, 1.807) is 19.2 Å². The number of aryl methyl sites for hydroxylation is 1. The highest BCUT2D eigenvalue weighted by atomic mass is 19.1. The maximum atomic E-state index is 12.8. The number of benzene rings is 1. The zero-order chi connectivity index (χ0) is 13.8. The molecule has 0 atom stereocenters. The number of rotatable bonds is 4. The summed E-state index contributed by atoms with van der Waals surface area (Å²) in [5, 5.41) is 6.58. The van der Waals surface area contributed by atoms with Crippen molar-refractivity contribution in [3.05, 3.63) is 47.3 Å². The minimum absolute atomic E-state index is 0.154. The lowest BCUT2D eigenvalue weighted by molar-refractivity contribution is 0.0773. The van der Waals surface area contributed by atoms with Crippen LogP contribution in [0, 0.1) is 5.82 Å². The summed E-state index contributed by atoms with van der Waals surface area (Å²) in [6, 6.07) is 6.04. The summed E-state index contributed by atoms with van der Waals surface area (Å²) in [5.74, 6) is 0.277. The molecular weight excluding hydrogens is 247 g/mol. The Labute approximate surface area is 110 Å². The number of H-pyrrole nitrogens is 1. The van der Waals surface area contributed by atoms with Crippen molar-refractivity contribution in [1.82, 2.24) is 20.1 Å². The van der Waals surface area contributed by atoms with Gasteiger partial charge >= 0.3 is 0 Å². The maximum Gasteiger partial charge on any atom is 0.293 e. The zero-order valence-electron chi connectivity index (χ0n) is 10.9. The average molecular weight is 262 g/mol. The van der Waals surface area contributed by atoms with Gasteiger partial charge in [0.15, 0.2) is 0 Å². The van der Waals surface area contributed by atoms with Crippen molar-refractivity contribution in [1.29, 1.82) is 0 Å². The number of carbonyl (C=O) groups is 1. The topological polar surface area (TPSA) is 61.9 Å². The van der Waals surface area contributed by atoms with E-state index in [0.29, 0.717) is 18.8 Å². The molecule has 0 aliphatic carbocycles. The van der Waals surface area contributed by atoms with Gasteiger partial charge in [-0.15, -0.1) is 5.10 Å². The van der Waals surface area contributed by atoms with Crippen molar-refractivity contribution in [3.63, 3.8) is 0 Å². The summed E-state index contributed by atoms with van der Waals surface area (Å²) in [7, 11) is 1.66. The number of aromatic amines is 1. The second-order valence-electron chi connectivity index (χ2n) is 4.25. The summed E-state index contributed by atoms with van der Waals surface area (Å²) in [4.78, 5) is 17.6. The van der Waals surface area contributed by atoms with Gasteiger partial charge in [-0.3, -0.25) is 9.89 Å². The summed E-state index contributed by atoms with van der Waals surface area (Å²) < 4.78 is 12.8. The Hall–Kier alpha value is -2.24. The van der Waals surface area contributed by atoms with Crippen LogP contribution in [0.5, 0.6) is 0 Å². The van der Waals surface area contributed by atoms with Crippen LogP contribution in [0.25, 0.3) is 0 Å². The first-order valence-electron chi connectivity index (χ1n) is 6.01. The van der Waals surface area contributed by atoms with Crippen LogP contribution in [0.1, 0.15) is 28.9 Å². The Kier molecular flexibility index (Phi) is 3.89. The molecule has 19 heavy (non-hydrogen) atoms. The highest BCUT2D eigenvalue weighted by molar-refractivity contribution is 5.90. The predicted molar refractivity (Wildman–Crippen MR) is 68.0 cm³/mol. The number of hydrogen-bond acceptors (Lipinski definition) is 3. The molecule has 5 nitrogen and oxygen atoms in total. The van der Waals surface area contributed by atoms with Crippen molar-refractivity contribution in [2.45, 2.75) is 19.9 Å². The lowest BCUT2D eigenvalue weighted by atomic mass is 10.2. The molecule has 0 unspecified atom stereocenters. The molecule has 0 radical (unpaired) electrons. The molecule has 2 rings (SSSR count). The van der Waals surface area contributed by atoms with E-state index in [2.05, 4.69) is 15.2 Å². The van der Waals surface area contributed by atoms with E-state index in [9.17, 15) is 9.18 Å². The highest BCUT2D eigenvalue weighted by Crippen LogP contribution is 2.07. The Morgan fingerprint density at radius 2 is 2.05 bits per heavy atom. The lowest BCUT2D eigenvalue weighted by Crippen LogP contribution is -2.27. The Balaban J connectivity index is 2.04. The van der Waals surface area contributed by atoms with Crippen molar-refractivity contribution in [2.75, 3.05) is 7.05 Å². The molecule has 1 aromatic heterocycles. The van der Waals surface area contributed by atoms with Crippen LogP contribution in [0.15, 0.2) is 24.3 Å². The molecule has 0 bridgehead atoms. The standard InChI is InChI=1S/C13H15FN4O/c1-3-11-15-12(17-16-11)13(19)18(2)8-9-4-6-10(14)7-5-9/h4-7H,3,8H2,1-2H3,(H,15,16,17). The molecule has 0 aliphatic heterocycles. The first kappa shape index (κ1) is 13.2. The van der Waals surface area contributed by atoms with Crippen LogP contribution < -0.4 is 0 Å². The van der Waals surface area contributed by atoms with E-state index < -0.39 is 0 Å². The van der Waals surface area contributed by atoms with Crippen LogP contribution in [0.4, 0.5) is 4.39 Å². The molecule has 1 amide bonds. The van der Waals surface area contributed by atoms with Gasteiger partial charge in [-0.1, -0.05) is 19.1 Å². The number of nitrogens with zero attached hydrogens (tertiary/aromatic N) is 3. The molecule has 0 fully saturated rings. The summed E-state index contributed by atoms with van der Waals surface area (Å²) >= 11 is 0. The van der Waals surface area contributed by atoms with Crippen LogP contribution in [-0.2, 0) is 13.0 Å². The molecular formula is C13H15FN4O. The van der Waals surface area contributed by atoms with E-state index in [1.165, 1.54) is 17.0 Å². The lowest BCUT2D eigenvalue weighted by Gasteiger charge is -2.15. The quantitative estimate of drug-likeness (QED) is 0.913. The minimum atomic E-state index is -0.292. The van der Waals surface area contributed by atoms with Gasteiger partial charge < -0.3 is 4.90 Å². The van der Waals surface area contributed by atoms with Gasteiger partial charge in [0.05, 0.1) is 0 Å². The van der Waals surface area contributed by atoms with Crippen molar-refractivity contribution in [3.8, 4) is 0 Å². The predicted octanol–water partition coefficient (Wildman–Crippen LogP) is 1.78. The third kappa shape index (κ3) is 3.15. The fourth-order valence-electron chi connectivity index (χ4n) is 1.66. The molecule has 6 heteroatoms. The molecule has 100 valence electrons. The van der Waals surface area contributed by atoms with Gasteiger partial charge in [-0.25, -0.2) is 9.37 Å². The fourth-order valence-corrected chi connectivity index (χ4v) is 1.66. The second-order valence-corrected chi connectivity index (χ2v) is 4.25. The normalized spacial score (nSPS) is 10.5. The van der Waals surface area contributed by atoms with Gasteiger partial charge in [0.2, 0.25) is 5.82 Å². The summed E-state index contributed by atoms with van der Waals surface area (Å²) in [6.45, 7) is 2.31. The molecule has 0 spiro atoms. The Bertz CT molecular complexity index is 564. The largest absolute Gasteiger partial charge is 0.335 e. The van der Waals surface area contributed by atoms with Crippen molar-refractivity contribution < 1.29 is 9.18 Å². The zero-order valence-corrected chi connectivity index (χ0v) is 10.9. The maximum absolute atomic E-state index is 12.8. The average Bonchev–Trinajstić information content (AvgIpc) is 2.89. The van der Waals surface area contributed by atoms with Crippen LogP contribution >= 0.6 is 0 Å². The van der Waals surface area contributed by atoms with Gasteiger partial charge in [-0.2, -0.15) is 0 Å². The van der Waals surface area contributed by atoms with Gasteiger partial charge in [0.25, 0.3) is 5.91 Å². The van der Waals surface area contributed by atoms with Crippen LogP contribution in [0.3, 0.4) is 0 Å². The minimum Gasteiger partial charge on any atom is -0.335 e. The molecule has 0 saturated carbocycles. The highest BCUT2D eigenvalue weighted by Gasteiger charge is 2.16. The molecule has 1 aromatic carbocycles. The number of carbonyl (C=O) groups excluding carboxylic acids is 1. The number of aromatic nitrogens is 3. The Morgan fingerprint density at radius 3 is 2.63 bits per heavy atom. The Morgan fingerprint density at radius 1 is 1.37 bits per heavy atom. The molecule has 0 saturated heterocycles. The first-order chi connectivity index (χ1) is 9.10. The first-order valence-corrected chi connectivity index (χ1v) is 6.01. The molecule has 1 heterocycles. The molecule has 2 aromatic rings. The second kappa shape index (κ2) is 5.60. The smallest absolute Gasteiger partial charge is 0.293 e. The number of nitrogens with one attached hydrogen (secondary N) is 1. The van der Waals surface area contributed by atoms with E-state index >= 15 is 0 Å². The van der Waals surface area contributed by atoms with E-state index in [1.807, 2.05) is 6.92 Å². The van der Waals surface area contributed by atoms with E-state index in [0.717, 1.165) is 5.56 Å². The van der Waals surface area contributed by atoms with Gasteiger partial charge in [-0.05, 0) is 17.7 Å². The fraction of sp³-hybridized carbons (Fsp3) is 0.308. The van der Waals surface area contributed by atoms with Crippen LogP contribution in [-0.4, -0.2) is 33.0 Å². The summed E-state index contributed by atoms with van der Waals surface area (Å²) in [6.07, 6.45) is 0.696.